The third kappa shape index (κ3) is 25.5. The highest BCUT2D eigenvalue weighted by molar-refractivity contribution is 14.0. The molecule has 0 aromatic rings. The summed E-state index contributed by atoms with van der Waals surface area (Å²) < 4.78 is 0. The Morgan fingerprint density at radius 1 is 0.625 bits per heavy atom. The maximum absolute atomic E-state index is 8.68. The van der Waals surface area contributed by atoms with E-state index in [0.29, 0.717) is 25.3 Å². The van der Waals surface area contributed by atoms with Gasteiger partial charge in [-0.15, -0.1) is 48.0 Å². The molecule has 0 fully saturated rings. The molecule has 4 nitrogen and oxygen atoms in total. The first-order valence-electron chi connectivity index (χ1n) is 9.26. The first-order valence-corrected chi connectivity index (χ1v) is 9.26. The molecule has 2 unspecified atom stereocenters. The zero-order valence-corrected chi connectivity index (χ0v) is 21.0. The number of hydrogen-bond acceptors (Lipinski definition) is 4. The number of halogens is 2. The first-order chi connectivity index (χ1) is 10.7. The van der Waals surface area contributed by atoms with E-state index < -0.39 is 0 Å². The molecule has 0 aromatic carbocycles. The summed E-state index contributed by atoms with van der Waals surface area (Å²) in [6.07, 6.45) is 11.9. The van der Waals surface area contributed by atoms with E-state index in [1.165, 1.54) is 51.4 Å². The van der Waals surface area contributed by atoms with Gasteiger partial charge in [0.2, 0.25) is 0 Å². The summed E-state index contributed by atoms with van der Waals surface area (Å²) in [5.74, 6) is 0. The molecule has 0 aliphatic carbocycles. The van der Waals surface area contributed by atoms with Crippen LogP contribution >= 0.6 is 48.0 Å². The predicted molar refractivity (Wildman–Crippen MR) is 128 cm³/mol. The van der Waals surface area contributed by atoms with E-state index in [0.717, 1.165) is 12.8 Å². The van der Waals surface area contributed by atoms with Crippen molar-refractivity contribution in [2.75, 3.05) is 27.3 Å². The Balaban J connectivity index is -0.000000154. The van der Waals surface area contributed by atoms with Gasteiger partial charge in [0, 0.05) is 25.3 Å². The van der Waals surface area contributed by atoms with Gasteiger partial charge in [0.25, 0.3) is 0 Å². The van der Waals surface area contributed by atoms with Crippen LogP contribution in [-0.4, -0.2) is 49.6 Å². The number of unbranched alkanes of at least 4 members (excludes halogenated alkanes) is 4. The third-order valence-electron chi connectivity index (χ3n) is 4.08. The van der Waals surface area contributed by atoms with E-state index in [1.807, 2.05) is 14.1 Å². The second-order valence-electron chi connectivity index (χ2n) is 5.99. The molecule has 0 heterocycles. The van der Waals surface area contributed by atoms with E-state index in [2.05, 4.69) is 24.5 Å². The van der Waals surface area contributed by atoms with Crippen LogP contribution in [0.3, 0.4) is 0 Å². The van der Waals surface area contributed by atoms with Crippen LogP contribution in [0.5, 0.6) is 0 Å². The zero-order chi connectivity index (χ0) is 17.1. The van der Waals surface area contributed by atoms with Crippen molar-refractivity contribution in [1.82, 2.24) is 10.6 Å². The molecule has 0 aromatic heterocycles. The first kappa shape index (κ1) is 32.9. The van der Waals surface area contributed by atoms with E-state index in [9.17, 15) is 0 Å². The Kier molecular flexibility index (Phi) is 39.9. The Hall–Kier alpha value is 1.30. The maximum atomic E-state index is 8.68. The summed E-state index contributed by atoms with van der Waals surface area (Å²) in [6, 6.07) is 1.04. The van der Waals surface area contributed by atoms with Gasteiger partial charge in [0.1, 0.15) is 0 Å². The average molecular weight is 574 g/mol. The van der Waals surface area contributed by atoms with Crippen molar-refractivity contribution in [3.63, 3.8) is 0 Å². The highest BCUT2D eigenvalue weighted by Gasteiger charge is 2.03. The molecule has 0 saturated carbocycles. The number of aliphatic hydroxyl groups is 2. The van der Waals surface area contributed by atoms with Crippen molar-refractivity contribution in [1.29, 1.82) is 0 Å². The highest BCUT2D eigenvalue weighted by atomic mass is 127. The van der Waals surface area contributed by atoms with Gasteiger partial charge in [-0.1, -0.05) is 52.4 Å². The topological polar surface area (TPSA) is 64.5 Å². The molecule has 0 radical (unpaired) electrons. The van der Waals surface area contributed by atoms with Gasteiger partial charge in [-0.3, -0.25) is 0 Å². The molecule has 2 atom stereocenters. The number of hydrogen-bond donors (Lipinski definition) is 4. The lowest BCUT2D eigenvalue weighted by atomic mass is 10.1. The van der Waals surface area contributed by atoms with Crippen LogP contribution in [0.15, 0.2) is 0 Å². The Morgan fingerprint density at radius 3 is 1.17 bits per heavy atom. The average Bonchev–Trinajstić information content (AvgIpc) is 2.54. The van der Waals surface area contributed by atoms with Crippen molar-refractivity contribution in [2.24, 2.45) is 0 Å². The fraction of sp³-hybridized carbons (Fsp3) is 1.00. The lowest BCUT2D eigenvalue weighted by Gasteiger charge is -2.13. The minimum atomic E-state index is 0. The van der Waals surface area contributed by atoms with Crippen molar-refractivity contribution < 1.29 is 10.2 Å². The van der Waals surface area contributed by atoms with Gasteiger partial charge >= 0.3 is 0 Å². The SMILES string of the molecule is CCCCCC(CCO)NC.CCCCCC(CCO)NC.I.I. The van der Waals surface area contributed by atoms with Crippen molar-refractivity contribution in [3.8, 4) is 0 Å². The van der Waals surface area contributed by atoms with Crippen LogP contribution < -0.4 is 10.6 Å². The Labute approximate surface area is 185 Å². The Morgan fingerprint density at radius 2 is 0.958 bits per heavy atom. The van der Waals surface area contributed by atoms with Crippen LogP contribution in [0.25, 0.3) is 0 Å². The second kappa shape index (κ2) is 29.1. The van der Waals surface area contributed by atoms with Gasteiger partial charge in [0.05, 0.1) is 0 Å². The summed E-state index contributed by atoms with van der Waals surface area (Å²) in [4.78, 5) is 0. The summed E-state index contributed by atoms with van der Waals surface area (Å²) >= 11 is 0. The molecule has 0 aliphatic heterocycles. The minimum absolute atomic E-state index is 0. The van der Waals surface area contributed by atoms with Gasteiger partial charge in [-0.2, -0.15) is 0 Å². The summed E-state index contributed by atoms with van der Waals surface area (Å²) in [6.45, 7) is 5.02. The molecule has 6 heteroatoms. The van der Waals surface area contributed by atoms with Crippen LogP contribution in [0, 0.1) is 0 Å². The molecule has 0 saturated heterocycles. The van der Waals surface area contributed by atoms with E-state index in [1.54, 1.807) is 0 Å². The lowest BCUT2D eigenvalue weighted by Crippen LogP contribution is -2.25. The normalized spacial score (nSPS) is 12.2. The highest BCUT2D eigenvalue weighted by Crippen LogP contribution is 2.06. The Bertz CT molecular complexity index is 182. The molecule has 152 valence electrons. The summed E-state index contributed by atoms with van der Waals surface area (Å²) in [5.41, 5.74) is 0. The zero-order valence-electron chi connectivity index (χ0n) is 16.4. The van der Waals surface area contributed by atoms with Crippen LogP contribution in [0.1, 0.15) is 78.1 Å². The second-order valence-corrected chi connectivity index (χ2v) is 5.99. The van der Waals surface area contributed by atoms with Gasteiger partial charge < -0.3 is 20.8 Å². The minimum Gasteiger partial charge on any atom is -0.396 e. The maximum Gasteiger partial charge on any atom is 0.0445 e. The molecule has 0 spiro atoms. The molecule has 0 rings (SSSR count). The molecule has 0 amide bonds. The van der Waals surface area contributed by atoms with Crippen LogP contribution in [0.2, 0.25) is 0 Å². The number of rotatable bonds is 14. The predicted octanol–water partition coefficient (Wildman–Crippen LogP) is 4.31. The molecular weight excluding hydrogens is 530 g/mol. The molecule has 4 N–H and O–H groups in total. The molecule has 24 heavy (non-hydrogen) atoms. The quantitative estimate of drug-likeness (QED) is 0.185. The summed E-state index contributed by atoms with van der Waals surface area (Å²) in [5, 5.41) is 23.8. The van der Waals surface area contributed by atoms with E-state index in [4.69, 9.17) is 10.2 Å². The standard InChI is InChI=1S/2C9H21NO.2HI/c2*1-3-4-5-6-9(10-2)7-8-11;;/h2*9-11H,3-8H2,1-2H3;2*1H. The molecule has 0 aliphatic rings. The van der Waals surface area contributed by atoms with E-state index in [-0.39, 0.29) is 48.0 Å². The van der Waals surface area contributed by atoms with Crippen LogP contribution in [-0.2, 0) is 0 Å². The van der Waals surface area contributed by atoms with Gasteiger partial charge in [-0.05, 0) is 39.8 Å². The lowest BCUT2D eigenvalue weighted by molar-refractivity contribution is 0.262. The molecule has 0 bridgehead atoms. The fourth-order valence-electron chi connectivity index (χ4n) is 2.46. The van der Waals surface area contributed by atoms with Gasteiger partial charge in [0.15, 0.2) is 0 Å². The monoisotopic (exact) mass is 574 g/mol. The summed E-state index contributed by atoms with van der Waals surface area (Å²) in [7, 11) is 3.93. The largest absolute Gasteiger partial charge is 0.396 e. The van der Waals surface area contributed by atoms with Crippen molar-refractivity contribution >= 4 is 48.0 Å². The smallest absolute Gasteiger partial charge is 0.0445 e. The van der Waals surface area contributed by atoms with Crippen LogP contribution in [0.4, 0.5) is 0 Å². The van der Waals surface area contributed by atoms with E-state index >= 15 is 0 Å². The van der Waals surface area contributed by atoms with Crippen molar-refractivity contribution in [3.05, 3.63) is 0 Å². The van der Waals surface area contributed by atoms with Crippen molar-refractivity contribution in [2.45, 2.75) is 90.1 Å². The van der Waals surface area contributed by atoms with Gasteiger partial charge in [-0.25, -0.2) is 0 Å². The molecular formula is C18H44I2N2O2. The third-order valence-corrected chi connectivity index (χ3v) is 4.08. The fourth-order valence-corrected chi connectivity index (χ4v) is 2.46. The number of aliphatic hydroxyl groups excluding tert-OH is 2. The number of nitrogens with one attached hydrogen (secondary N) is 2.